The summed E-state index contributed by atoms with van der Waals surface area (Å²) in [5.41, 5.74) is 7.52. The second kappa shape index (κ2) is 45.3. The normalized spacial score (nSPS) is 12.4. The fraction of sp³-hybridized carbons (Fsp3) is 0.500. The number of likely N-dealkylation sites (N-methyl/N-ethyl adjacent to an activating group) is 1. The molecule has 4 heterocycles. The number of para-hydroxylation sites is 3. The molecule has 112 heavy (non-hydrogen) atoms. The Kier molecular flexibility index (Phi) is 40.6. The molecule has 0 radical (unpaired) electrons. The van der Waals surface area contributed by atoms with Gasteiger partial charge in [-0.1, -0.05) is 153 Å². The van der Waals surface area contributed by atoms with Gasteiger partial charge in [0, 0.05) is 138 Å². The van der Waals surface area contributed by atoms with Crippen LogP contribution < -0.4 is 0 Å². The van der Waals surface area contributed by atoms with Crippen molar-refractivity contribution in [1.29, 1.82) is 0 Å². The monoisotopic (exact) mass is 1710 g/mol. The fourth-order valence-electron chi connectivity index (χ4n) is 10.9. The van der Waals surface area contributed by atoms with Gasteiger partial charge in [0.2, 0.25) is 0 Å². The summed E-state index contributed by atoms with van der Waals surface area (Å²) in [6, 6.07) is 20.1. The maximum absolute atomic E-state index is 12.4. The Labute approximate surface area is 687 Å². The number of carbonyl (C=O) groups is 4. The Morgan fingerprint density at radius 2 is 0.777 bits per heavy atom. The zero-order valence-corrected chi connectivity index (χ0v) is 76.4. The molecule has 7 N–H and O–H groups in total. The Bertz CT molecular complexity index is 4490. The van der Waals surface area contributed by atoms with Crippen molar-refractivity contribution in [2.75, 3.05) is 124 Å². The number of aliphatic imine (C=N–C) groups is 1. The number of hydrogen-bond donors (Lipinski definition) is 7. The minimum Gasteiger partial charge on any atom is -0.507 e. The predicted molar refractivity (Wildman–Crippen MR) is 461 cm³/mol. The Balaban J connectivity index is 0.000000444. The molecule has 1 aliphatic heterocycles. The van der Waals surface area contributed by atoms with E-state index in [-0.39, 0.29) is 102 Å². The van der Waals surface area contributed by atoms with E-state index in [2.05, 4.69) is 46.7 Å². The Morgan fingerprint density at radius 1 is 0.429 bits per heavy atom. The lowest BCUT2D eigenvalue weighted by Gasteiger charge is -2.32. The van der Waals surface area contributed by atoms with Crippen LogP contribution in [0.4, 0.5) is 0 Å². The highest BCUT2D eigenvalue weighted by Crippen LogP contribution is 2.42. The first-order valence-electron chi connectivity index (χ1n) is 37.0. The van der Waals surface area contributed by atoms with Gasteiger partial charge in [0.15, 0.2) is 8.42 Å². The molecule has 4 aromatic carbocycles. The number of hydrogen-bond acceptors (Lipinski definition) is 20. The topological polar surface area (TPSA) is 316 Å². The second-order valence-corrected chi connectivity index (χ2v) is 37.7. The molecule has 0 bridgehead atoms. The number of thiophene rings is 3. The molecule has 0 unspecified atom stereocenters. The lowest BCUT2D eigenvalue weighted by Crippen LogP contribution is -2.47. The number of phenolic OH excluding ortho intramolecular Hbond substituents is 4. The van der Waals surface area contributed by atoms with Gasteiger partial charge in [-0.3, -0.25) is 24.2 Å². The van der Waals surface area contributed by atoms with E-state index in [1.807, 2.05) is 155 Å². The fourth-order valence-corrected chi connectivity index (χ4v) is 18.2. The van der Waals surface area contributed by atoms with Crippen LogP contribution in [0.25, 0.3) is 0 Å². The van der Waals surface area contributed by atoms with Crippen molar-refractivity contribution in [1.82, 2.24) is 38.0 Å². The summed E-state index contributed by atoms with van der Waals surface area (Å²) >= 11 is 6.74. The molecule has 3 aromatic heterocycles. The van der Waals surface area contributed by atoms with E-state index in [0.29, 0.717) is 61.9 Å². The van der Waals surface area contributed by atoms with Crippen molar-refractivity contribution < 1.29 is 71.8 Å². The molecule has 0 aliphatic carbocycles. The molecule has 0 atom stereocenters. The molecule has 8 rings (SSSR count). The number of rotatable bonds is 18. The third-order valence-corrected chi connectivity index (χ3v) is 26.3. The number of benzene rings is 4. The minimum absolute atomic E-state index is 0.0243. The molecule has 0 spiro atoms. The quantitative estimate of drug-likeness (QED) is 0.0310. The van der Waals surface area contributed by atoms with E-state index >= 15 is 0 Å². The third-order valence-electron chi connectivity index (χ3n) is 17.8. The SMILES string of the molecule is CC(C)c1ccc(Br)c(C(=O)N(C)C)c1O.CC(C)c1cccc(C(=O)N(C)C)c1O.CC(C)c1cccc(C(=O)N2CCN(C)CC2)c1O.CC(C)c1csc(C(=O)N(C)C)c1O.CC(C)c1csc(S(=O)(=O)N(C)C)c1O.CCN(CC)S(=O)(=O)c1scc(C(C)C)c1O.CN=C(c1cccc(C(C)C)c1O)N(C)C. The summed E-state index contributed by atoms with van der Waals surface area (Å²) in [6.07, 6.45) is 0. The van der Waals surface area contributed by atoms with Crippen LogP contribution in [0.3, 0.4) is 0 Å². The molecule has 0 saturated carbocycles. The lowest BCUT2D eigenvalue weighted by atomic mass is 9.98. The van der Waals surface area contributed by atoms with Crippen molar-refractivity contribution in [2.45, 2.75) is 161 Å². The van der Waals surface area contributed by atoms with Gasteiger partial charge in [0.1, 0.15) is 51.0 Å². The van der Waals surface area contributed by atoms with Crippen LogP contribution in [0, 0.1) is 0 Å². The van der Waals surface area contributed by atoms with Gasteiger partial charge >= 0.3 is 0 Å². The third kappa shape index (κ3) is 26.6. The van der Waals surface area contributed by atoms with E-state index in [9.17, 15) is 71.8 Å². The van der Waals surface area contributed by atoms with Gasteiger partial charge in [-0.25, -0.2) is 21.1 Å². The number of carbonyl (C=O) groups excluding carboxylic acids is 4. The van der Waals surface area contributed by atoms with Crippen LogP contribution in [-0.2, 0) is 20.0 Å². The molecule has 24 nitrogen and oxygen atoms in total. The average molecular weight is 1720 g/mol. The van der Waals surface area contributed by atoms with Crippen LogP contribution in [0.1, 0.15) is 237 Å². The number of phenols is 4. The van der Waals surface area contributed by atoms with Crippen molar-refractivity contribution in [3.05, 3.63) is 153 Å². The maximum atomic E-state index is 12.4. The first kappa shape index (κ1) is 100. The zero-order chi connectivity index (χ0) is 86.2. The van der Waals surface area contributed by atoms with Crippen LogP contribution in [0.5, 0.6) is 40.2 Å². The largest absolute Gasteiger partial charge is 0.507 e. The van der Waals surface area contributed by atoms with Crippen LogP contribution in [-0.4, -0.2) is 244 Å². The van der Waals surface area contributed by atoms with Crippen molar-refractivity contribution in [2.24, 2.45) is 4.99 Å². The van der Waals surface area contributed by atoms with E-state index in [4.69, 9.17) is 0 Å². The maximum Gasteiger partial charge on any atom is 0.267 e. The number of piperazine rings is 1. The molecule has 1 saturated heterocycles. The van der Waals surface area contributed by atoms with Gasteiger partial charge in [-0.05, 0) is 127 Å². The van der Waals surface area contributed by atoms with Crippen molar-refractivity contribution in [3.8, 4) is 40.2 Å². The van der Waals surface area contributed by atoms with Gasteiger partial charge in [-0.2, -0.15) is 4.31 Å². The molecule has 4 amide bonds. The summed E-state index contributed by atoms with van der Waals surface area (Å²) < 4.78 is 51.1. The van der Waals surface area contributed by atoms with Crippen LogP contribution in [0.2, 0.25) is 0 Å². The molecule has 30 heteroatoms. The van der Waals surface area contributed by atoms with Crippen molar-refractivity contribution >= 4 is 99.5 Å². The first-order chi connectivity index (χ1) is 51.9. The number of amides is 4. The summed E-state index contributed by atoms with van der Waals surface area (Å²) in [7, 11) is 13.5. The van der Waals surface area contributed by atoms with Crippen LogP contribution >= 0.6 is 49.9 Å². The average Bonchev–Trinajstić information content (AvgIpc) is 1.76. The number of amidine groups is 1. The molecular weight excluding hydrogens is 1590 g/mol. The van der Waals surface area contributed by atoms with Gasteiger partial charge < -0.3 is 65.1 Å². The van der Waals surface area contributed by atoms with E-state index in [1.165, 1.54) is 44.4 Å². The number of nitrogens with zero attached hydrogens (tertiary/aromatic N) is 9. The van der Waals surface area contributed by atoms with Gasteiger partial charge in [0.05, 0.1) is 22.3 Å². The van der Waals surface area contributed by atoms with Crippen LogP contribution in [0.15, 0.2) is 101 Å². The minimum atomic E-state index is -3.54. The molecule has 1 fully saturated rings. The number of sulfonamides is 2. The smallest absolute Gasteiger partial charge is 0.267 e. The molecule has 624 valence electrons. The first-order valence-corrected chi connectivity index (χ1v) is 43.3. The highest BCUT2D eigenvalue weighted by atomic mass is 79.9. The molecular formula is C82H124BrN9O15S5. The summed E-state index contributed by atoms with van der Waals surface area (Å²) in [5.74, 6) is 2.21. The standard InChI is InChI=1S/C15H22N2O2.C13H20N2O.C12H16BrNO2.C12H17NO2.C11H19NO3S2.C10H15NO2S.C9H15NO3S2/c1-11(2)12-5-4-6-13(14(12)18)15(19)17-9-7-16(3)8-10-17;1-9(2)10-7-6-8-11(12(10)16)13(14-3)15(4)5;1-7(2)8-5-6-9(13)10(11(8)15)12(16)14(3)4;1-8(2)9-6-5-7-10(11(9)14)12(15)13(3)4;1-5-12(6-2)17(14,15)11-10(13)9(7-16-11)8(3)4;1-6(2)7-5-14-9(8(7)12)10(13)11(3)4;1-6(2)7-5-14-9(8(7)11)15(12,13)10(3)4/h4-6,11,18H,7-10H2,1-3H3;6-9,16H,1-5H3;5-7,15H,1-4H3;5-8,14H,1-4H3;7-8,13H,5-6H2,1-4H3;5-6,12H,1-4H3;5-6,11H,1-4H3. The zero-order valence-electron chi connectivity index (χ0n) is 70.7. The number of aromatic hydroxyl groups is 7. The van der Waals surface area contributed by atoms with Gasteiger partial charge in [-0.15, -0.1) is 34.0 Å². The molecule has 7 aromatic rings. The molecule has 1 aliphatic rings. The predicted octanol–water partition coefficient (Wildman–Crippen LogP) is 16.3. The second-order valence-electron chi connectivity index (χ2n) is 29.7. The summed E-state index contributed by atoms with van der Waals surface area (Å²) in [4.78, 5) is 62.6. The Morgan fingerprint density at radius 3 is 1.12 bits per heavy atom. The summed E-state index contributed by atoms with van der Waals surface area (Å²) in [5, 5.41) is 75.3. The number of halogens is 1. The Hall–Kier alpha value is -7.81. The van der Waals surface area contributed by atoms with E-state index < -0.39 is 20.0 Å². The highest BCUT2D eigenvalue weighted by molar-refractivity contribution is 9.10. The van der Waals surface area contributed by atoms with Crippen molar-refractivity contribution in [3.63, 3.8) is 0 Å². The van der Waals surface area contributed by atoms with E-state index in [1.54, 1.807) is 98.2 Å². The van der Waals surface area contributed by atoms with Gasteiger partial charge in [0.25, 0.3) is 43.7 Å². The summed E-state index contributed by atoms with van der Waals surface area (Å²) in [6.45, 7) is 35.4. The van der Waals surface area contributed by atoms with E-state index in [0.717, 1.165) is 92.4 Å². The lowest BCUT2D eigenvalue weighted by molar-refractivity contribution is 0.0660. The highest BCUT2D eigenvalue weighted by Gasteiger charge is 2.31.